The fourth-order valence-corrected chi connectivity index (χ4v) is 0. The monoisotopic (exact) mass is 63.0 g/mol. The van der Waals surface area contributed by atoms with Crippen LogP contribution in [0.3, 0.4) is 0 Å². The molecule has 0 bridgehead atoms. The Morgan fingerprint density at radius 3 is 1.40 bits per heavy atom. The van der Waals surface area contributed by atoms with E-state index in [1.165, 1.54) is 0 Å². The van der Waals surface area contributed by atoms with Gasteiger partial charge in [-0.25, -0.2) is 0 Å². The van der Waals surface area contributed by atoms with Gasteiger partial charge >= 0.3 is 37.7 Å². The van der Waals surface area contributed by atoms with Gasteiger partial charge in [-0.05, 0) is 0 Å². The fraction of sp³-hybridized carbons (Fsp3) is 0. The summed E-state index contributed by atoms with van der Waals surface area (Å²) in [5.74, 6) is 0. The number of nitrogens with one attached hydrogen (secondary N) is 1. The molecule has 0 saturated carbocycles. The first-order valence-corrected chi connectivity index (χ1v) is 0.408. The molecule has 0 saturated heterocycles. The van der Waals surface area contributed by atoms with Crippen LogP contribution in [0.25, 0.3) is 0 Å². The zero-order valence-corrected chi connectivity index (χ0v) is 1.32. The zero-order chi connectivity index (χ0) is 2.71. The summed E-state index contributed by atoms with van der Waals surface area (Å²) >= 11 is 0. The van der Waals surface area contributed by atoms with Crippen molar-refractivity contribution in [3.05, 3.63) is 10.1 Å². The van der Waals surface area contributed by atoms with Gasteiger partial charge in [-0.3, -0.25) is 10.1 Å². The third-order valence-electron chi connectivity index (χ3n) is 0. The van der Waals surface area contributed by atoms with Crippen molar-refractivity contribution < 1.29 is 5.34 Å². The second-order valence-electron chi connectivity index (χ2n) is 0.0833. The molecule has 0 spiro atoms. The molecule has 0 rings (SSSR count). The van der Waals surface area contributed by atoms with Gasteiger partial charge in [-0.2, -0.15) is 0 Å². The van der Waals surface area contributed by atoms with Crippen LogP contribution in [-0.4, -0.2) is 37.7 Å². The van der Waals surface area contributed by atoms with Crippen LogP contribution in [-0.2, 0) is 0 Å². The van der Waals surface area contributed by atoms with E-state index in [-0.39, 0.29) is 43.1 Å². The summed E-state index contributed by atoms with van der Waals surface area (Å²) in [6, 6.07) is 0. The quantitative estimate of drug-likeness (QED) is 0.185. The van der Waals surface area contributed by atoms with Crippen molar-refractivity contribution in [3.63, 3.8) is 0 Å². The molecule has 0 aromatic heterocycles. The van der Waals surface area contributed by atoms with Crippen LogP contribution in [0.4, 0.5) is 0 Å². The van der Waals surface area contributed by atoms with E-state index in [9.17, 15) is 0 Å². The van der Waals surface area contributed by atoms with E-state index in [0.717, 1.165) is 0 Å². The summed E-state index contributed by atoms with van der Waals surface area (Å²) in [4.78, 5) is 8.12. The van der Waals surface area contributed by atoms with Gasteiger partial charge in [0.2, 0.25) is 0 Å². The topological polar surface area (TPSA) is 54.1 Å². The van der Waals surface area contributed by atoms with Crippen LogP contribution in [0.15, 0.2) is 0 Å². The van der Waals surface area contributed by atoms with E-state index >= 15 is 0 Å². The Morgan fingerprint density at radius 2 is 1.40 bits per heavy atom. The van der Waals surface area contributed by atoms with E-state index < -0.39 is 0 Å². The predicted molar refractivity (Wildman–Crippen MR) is 22.0 cm³/mol. The number of hydrogen-bond donors (Lipinski definition) is 1. The van der Waals surface area contributed by atoms with Crippen LogP contribution in [0.1, 0.15) is 0 Å². The standard InChI is InChI=1S/2Li.HNO2.2H/c;;2-1-3;;/h;;1H;;. The Hall–Kier alpha value is 0.595. The summed E-state index contributed by atoms with van der Waals surface area (Å²) < 4.78 is 0. The van der Waals surface area contributed by atoms with Crippen molar-refractivity contribution in [3.8, 4) is 0 Å². The van der Waals surface area contributed by atoms with Crippen LogP contribution >= 0.6 is 0 Å². The molecule has 0 aliphatic heterocycles. The van der Waals surface area contributed by atoms with Crippen molar-refractivity contribution in [2.45, 2.75) is 0 Å². The molecule has 0 aromatic rings. The van der Waals surface area contributed by atoms with E-state index in [4.69, 9.17) is 10.1 Å². The molecule has 0 radical (unpaired) electrons. The first-order chi connectivity index (χ1) is 1.41. The number of hydrogen-bond acceptors (Lipinski definition) is 2. The molecule has 0 aliphatic rings. The molecule has 0 atom stereocenters. The average molecular weight is 62.9 g/mol. The molecule has 0 aromatic carbocycles. The molecule has 0 amide bonds. The molecule has 1 N–H and O–H groups in total. The van der Waals surface area contributed by atoms with Gasteiger partial charge in [0.15, 0.2) is 0 Å². The van der Waals surface area contributed by atoms with E-state index in [2.05, 4.69) is 0 Å². The van der Waals surface area contributed by atoms with Gasteiger partial charge in [-0.15, -0.1) is 0 Å². The molecule has 22 valence electrons. The summed E-state index contributed by atoms with van der Waals surface area (Å²) in [6.07, 6.45) is 0. The summed E-state index contributed by atoms with van der Waals surface area (Å²) in [5.41, 5.74) is 0. The minimum absolute atomic E-state index is 0. The summed E-state index contributed by atoms with van der Waals surface area (Å²) in [7, 11) is 0. The van der Waals surface area contributed by atoms with Gasteiger partial charge in [0, 0.05) is 5.34 Å². The first-order valence-electron chi connectivity index (χ1n) is 0.408. The van der Waals surface area contributed by atoms with Crippen molar-refractivity contribution >= 4 is 37.7 Å². The van der Waals surface area contributed by atoms with Crippen LogP contribution in [0, 0.1) is 10.1 Å². The minimum atomic E-state index is 0. The van der Waals surface area contributed by atoms with Gasteiger partial charge < -0.3 is 0 Å². The molecule has 0 heterocycles. The van der Waals surface area contributed by atoms with Crippen molar-refractivity contribution in [2.75, 3.05) is 0 Å². The maximum absolute atomic E-state index is 8.12. The second-order valence-corrected chi connectivity index (χ2v) is 0.0833. The van der Waals surface area contributed by atoms with E-state index in [0.29, 0.717) is 0 Å². The zero-order valence-electron chi connectivity index (χ0n) is 1.32. The predicted octanol–water partition coefficient (Wildman–Crippen LogP) is -2.97. The van der Waals surface area contributed by atoms with E-state index in [1.54, 1.807) is 0 Å². The van der Waals surface area contributed by atoms with Crippen molar-refractivity contribution in [2.24, 2.45) is 0 Å². The van der Waals surface area contributed by atoms with Gasteiger partial charge in [0.1, 0.15) is 0 Å². The Bertz CT molecular complexity index is 15.1. The second kappa shape index (κ2) is 23.3. The third kappa shape index (κ3) is 87.4. The molecule has 0 aliphatic carbocycles. The van der Waals surface area contributed by atoms with Gasteiger partial charge in [-0.1, -0.05) is 0 Å². The first kappa shape index (κ1) is 17.5. The normalized spacial score (nSPS) is 2.40. The summed E-state index contributed by atoms with van der Waals surface area (Å²) in [6.45, 7) is 0. The molecule has 5 heavy (non-hydrogen) atoms. The Morgan fingerprint density at radius 1 is 1.40 bits per heavy atom. The molecular formula is H3Li2NO2. The number of rotatable bonds is 0. The Kier molecular flexibility index (Phi) is 81.9. The van der Waals surface area contributed by atoms with Gasteiger partial charge in [0.05, 0.1) is 0 Å². The third-order valence-corrected chi connectivity index (χ3v) is 0. The van der Waals surface area contributed by atoms with E-state index in [1.807, 2.05) is 0 Å². The molecular weight excluding hydrogens is 59.9 g/mol. The van der Waals surface area contributed by atoms with Crippen LogP contribution in [0.5, 0.6) is 0 Å². The summed E-state index contributed by atoms with van der Waals surface area (Å²) in [5, 5.41) is 8.38. The average Bonchev–Trinajstić information content (AvgIpc) is 0.918. The van der Waals surface area contributed by atoms with Crippen LogP contribution in [0.2, 0.25) is 0 Å². The SMILES string of the molecule is O=[NH+][O-].[LiH].[LiH]. The van der Waals surface area contributed by atoms with Crippen molar-refractivity contribution in [1.82, 2.24) is 0 Å². The maximum atomic E-state index is 8.12. The fourth-order valence-electron chi connectivity index (χ4n) is 0. The molecule has 5 heteroatoms. The molecule has 3 nitrogen and oxygen atoms in total. The van der Waals surface area contributed by atoms with Gasteiger partial charge in [0.25, 0.3) is 0 Å². The Labute approximate surface area is 53.4 Å². The molecule has 0 fully saturated rings. The molecule has 0 unspecified atom stereocenters. The van der Waals surface area contributed by atoms with Crippen molar-refractivity contribution in [1.29, 1.82) is 0 Å². The Balaban J connectivity index is -0.0000000200. The van der Waals surface area contributed by atoms with Crippen LogP contribution < -0.4 is 5.34 Å².